The first-order valence-electron chi connectivity index (χ1n) is 4.11. The zero-order valence-corrected chi connectivity index (χ0v) is 9.34. The maximum absolute atomic E-state index is 11.3. The van der Waals surface area contributed by atoms with E-state index in [0.717, 1.165) is 0 Å². The Kier molecular flexibility index (Phi) is 4.04. The van der Waals surface area contributed by atoms with Gasteiger partial charge in [-0.15, -0.1) is 11.3 Å². The van der Waals surface area contributed by atoms with Crippen LogP contribution >= 0.6 is 11.3 Å². The summed E-state index contributed by atoms with van der Waals surface area (Å²) in [6, 6.07) is 0. The average molecular weight is 250 g/mol. The van der Waals surface area contributed by atoms with Gasteiger partial charge in [-0.25, -0.2) is 13.4 Å². The normalized spacial score (nSPS) is 11.2. The summed E-state index contributed by atoms with van der Waals surface area (Å²) in [5.41, 5.74) is 0. The molecule has 0 amide bonds. The van der Waals surface area contributed by atoms with E-state index in [9.17, 15) is 13.2 Å². The van der Waals surface area contributed by atoms with Crippen LogP contribution in [0.15, 0.2) is 11.6 Å². The van der Waals surface area contributed by atoms with Crippen molar-refractivity contribution in [1.29, 1.82) is 0 Å². The van der Waals surface area contributed by atoms with Gasteiger partial charge in [0.25, 0.3) is 0 Å². The van der Waals surface area contributed by atoms with Crippen LogP contribution in [0.5, 0.6) is 0 Å². The van der Waals surface area contributed by atoms with E-state index in [0.29, 0.717) is 5.13 Å². The Balaban J connectivity index is 2.43. The second-order valence-electron chi connectivity index (χ2n) is 2.76. The molecule has 0 radical (unpaired) electrons. The molecule has 1 rings (SSSR count). The summed E-state index contributed by atoms with van der Waals surface area (Å²) in [5.74, 6) is -1.21. The Bertz CT molecular complexity index is 412. The first-order valence-corrected chi connectivity index (χ1v) is 6.64. The average Bonchev–Trinajstić information content (AvgIpc) is 2.54. The maximum atomic E-state index is 11.3. The highest BCUT2D eigenvalue weighted by Crippen LogP contribution is 2.12. The van der Waals surface area contributed by atoms with Gasteiger partial charge < -0.3 is 5.11 Å². The maximum Gasteiger partial charge on any atom is 0.303 e. The van der Waals surface area contributed by atoms with Crippen LogP contribution in [0.3, 0.4) is 0 Å². The fourth-order valence-electron chi connectivity index (χ4n) is 0.871. The Morgan fingerprint density at radius 1 is 1.60 bits per heavy atom. The minimum atomic E-state index is -3.47. The lowest BCUT2D eigenvalue weighted by Gasteiger charge is -2.03. The molecular weight excluding hydrogens is 240 g/mol. The van der Waals surface area contributed by atoms with Gasteiger partial charge in [0.05, 0.1) is 5.75 Å². The number of hydrogen-bond donors (Lipinski definition) is 2. The zero-order valence-electron chi connectivity index (χ0n) is 7.71. The molecular formula is C7H10N2O4S2. The van der Waals surface area contributed by atoms with Gasteiger partial charge in [0.15, 0.2) is 5.13 Å². The van der Waals surface area contributed by atoms with Crippen LogP contribution in [0.1, 0.15) is 12.8 Å². The third-order valence-electron chi connectivity index (χ3n) is 1.48. The fourth-order valence-corrected chi connectivity index (χ4v) is 2.76. The number of carboxylic acid groups (broad SMARTS) is 1. The summed E-state index contributed by atoms with van der Waals surface area (Å²) in [5, 5.41) is 10.3. The van der Waals surface area contributed by atoms with Crippen molar-refractivity contribution in [3.8, 4) is 0 Å². The second-order valence-corrected chi connectivity index (χ2v) is 5.49. The number of hydrogen-bond acceptors (Lipinski definition) is 5. The molecule has 0 spiro atoms. The number of thiazole rings is 1. The van der Waals surface area contributed by atoms with Crippen molar-refractivity contribution in [1.82, 2.24) is 4.98 Å². The molecule has 2 N–H and O–H groups in total. The smallest absolute Gasteiger partial charge is 0.303 e. The third kappa shape index (κ3) is 4.75. The monoisotopic (exact) mass is 250 g/mol. The van der Waals surface area contributed by atoms with Crippen LogP contribution in [-0.4, -0.2) is 30.2 Å². The lowest BCUT2D eigenvalue weighted by Crippen LogP contribution is -2.17. The van der Waals surface area contributed by atoms with E-state index >= 15 is 0 Å². The summed E-state index contributed by atoms with van der Waals surface area (Å²) in [4.78, 5) is 13.9. The van der Waals surface area contributed by atoms with E-state index in [1.165, 1.54) is 17.5 Å². The lowest BCUT2D eigenvalue weighted by atomic mass is 10.3. The Hall–Kier alpha value is -1.15. The predicted molar refractivity (Wildman–Crippen MR) is 56.4 cm³/mol. The van der Waals surface area contributed by atoms with Crippen molar-refractivity contribution in [3.63, 3.8) is 0 Å². The molecule has 6 nitrogen and oxygen atoms in total. The quantitative estimate of drug-likeness (QED) is 0.776. The molecule has 0 aliphatic rings. The van der Waals surface area contributed by atoms with Crippen LogP contribution in [0.4, 0.5) is 5.13 Å². The molecule has 1 aromatic heterocycles. The van der Waals surface area contributed by atoms with E-state index in [1.807, 2.05) is 0 Å². The van der Waals surface area contributed by atoms with Crippen molar-refractivity contribution >= 4 is 32.5 Å². The molecule has 0 bridgehead atoms. The number of aromatic nitrogens is 1. The predicted octanol–water partition coefficient (Wildman–Crippen LogP) is 0.750. The molecule has 0 fully saturated rings. The third-order valence-corrected chi connectivity index (χ3v) is 3.63. The molecule has 84 valence electrons. The highest BCUT2D eigenvalue weighted by Gasteiger charge is 2.12. The van der Waals surface area contributed by atoms with Crippen molar-refractivity contribution in [2.24, 2.45) is 0 Å². The Labute approximate surface area is 91.0 Å². The van der Waals surface area contributed by atoms with Crippen molar-refractivity contribution in [2.75, 3.05) is 10.5 Å². The number of nitrogens with zero attached hydrogens (tertiary/aromatic N) is 1. The van der Waals surface area contributed by atoms with E-state index in [1.54, 1.807) is 5.38 Å². The molecule has 15 heavy (non-hydrogen) atoms. The van der Waals surface area contributed by atoms with Gasteiger partial charge in [0.2, 0.25) is 10.0 Å². The number of carbonyl (C=O) groups is 1. The minimum Gasteiger partial charge on any atom is -0.481 e. The summed E-state index contributed by atoms with van der Waals surface area (Å²) < 4.78 is 24.9. The molecule has 1 aromatic rings. The van der Waals surface area contributed by atoms with Crippen molar-refractivity contribution in [3.05, 3.63) is 11.6 Å². The van der Waals surface area contributed by atoms with E-state index in [-0.39, 0.29) is 18.6 Å². The van der Waals surface area contributed by atoms with Gasteiger partial charge in [0, 0.05) is 18.0 Å². The van der Waals surface area contributed by atoms with E-state index in [4.69, 9.17) is 5.11 Å². The minimum absolute atomic E-state index is 0.0933. The summed E-state index contributed by atoms with van der Waals surface area (Å²) in [7, 11) is -3.47. The molecule has 8 heteroatoms. The summed E-state index contributed by atoms with van der Waals surface area (Å²) in [6.07, 6.45) is 1.43. The topological polar surface area (TPSA) is 96.4 Å². The van der Waals surface area contributed by atoms with Gasteiger partial charge >= 0.3 is 5.97 Å². The van der Waals surface area contributed by atoms with Crippen molar-refractivity contribution in [2.45, 2.75) is 12.8 Å². The van der Waals surface area contributed by atoms with Crippen molar-refractivity contribution < 1.29 is 18.3 Å². The number of sulfonamides is 1. The highest BCUT2D eigenvalue weighted by molar-refractivity contribution is 7.92. The fraction of sp³-hybridized carbons (Fsp3) is 0.429. The summed E-state index contributed by atoms with van der Waals surface area (Å²) in [6.45, 7) is 0. The van der Waals surface area contributed by atoms with Gasteiger partial charge in [-0.3, -0.25) is 9.52 Å². The second kappa shape index (κ2) is 5.08. The number of nitrogens with one attached hydrogen (secondary N) is 1. The number of carboxylic acids is 1. The standard InChI is InChI=1S/C7H10N2O4S2/c10-6(11)2-1-5-15(12,13)9-7-8-3-4-14-7/h3-4H,1-2,5H2,(H,8,9)(H,10,11). The molecule has 0 unspecified atom stereocenters. The number of anilines is 1. The lowest BCUT2D eigenvalue weighted by molar-refractivity contribution is -0.137. The van der Waals surface area contributed by atoms with E-state index in [2.05, 4.69) is 9.71 Å². The SMILES string of the molecule is O=C(O)CCCS(=O)(=O)Nc1nccs1. The van der Waals surface area contributed by atoms with Gasteiger partial charge in [-0.1, -0.05) is 0 Å². The largest absolute Gasteiger partial charge is 0.481 e. The number of aliphatic carboxylic acids is 1. The molecule has 0 saturated carbocycles. The number of rotatable bonds is 6. The molecule has 0 aliphatic carbocycles. The highest BCUT2D eigenvalue weighted by atomic mass is 32.2. The zero-order chi connectivity index (χ0) is 11.3. The molecule has 0 saturated heterocycles. The molecule has 0 aliphatic heterocycles. The van der Waals surface area contributed by atoms with Gasteiger partial charge in [-0.05, 0) is 6.42 Å². The summed E-state index contributed by atoms with van der Waals surface area (Å²) >= 11 is 1.17. The molecule has 0 aromatic carbocycles. The van der Waals surface area contributed by atoms with Crippen LogP contribution in [-0.2, 0) is 14.8 Å². The Morgan fingerprint density at radius 3 is 2.87 bits per heavy atom. The van der Waals surface area contributed by atoms with Gasteiger partial charge in [0.1, 0.15) is 0 Å². The van der Waals surface area contributed by atoms with Gasteiger partial charge in [-0.2, -0.15) is 0 Å². The Morgan fingerprint density at radius 2 is 2.33 bits per heavy atom. The molecule has 1 heterocycles. The molecule has 0 atom stereocenters. The van der Waals surface area contributed by atoms with E-state index < -0.39 is 16.0 Å². The van der Waals surface area contributed by atoms with Crippen LogP contribution in [0.2, 0.25) is 0 Å². The van der Waals surface area contributed by atoms with Crippen LogP contribution in [0.25, 0.3) is 0 Å². The first-order chi connectivity index (χ1) is 6.99. The van der Waals surface area contributed by atoms with Crippen LogP contribution in [0, 0.1) is 0 Å². The van der Waals surface area contributed by atoms with Crippen LogP contribution < -0.4 is 4.72 Å². The first kappa shape index (κ1) is 11.9.